The normalized spacial score (nSPS) is 11.9. The number of aromatic nitrogens is 2. The van der Waals surface area contributed by atoms with Gasteiger partial charge in [0.15, 0.2) is 5.96 Å². The molecule has 0 radical (unpaired) electrons. The molecule has 0 fully saturated rings. The third-order valence-electron chi connectivity index (χ3n) is 3.56. The van der Waals surface area contributed by atoms with Crippen molar-refractivity contribution in [3.63, 3.8) is 0 Å². The molecular weight excluding hydrogens is 366 g/mol. The standard InChI is InChI=1S/C17H21F4N5O/c1-3-22-17(25-10-14-23-6-7-26(14)15(18)19)24-9-12-8-11(2)4-5-13(12)27-16(20)21/h4-8,15-16H,3,9-10H2,1-2H3,(H2,22,24,25). The molecule has 0 amide bonds. The summed E-state index contributed by atoms with van der Waals surface area (Å²) in [7, 11) is 0. The predicted octanol–water partition coefficient (Wildman–Crippen LogP) is 3.44. The average Bonchev–Trinajstić information content (AvgIpc) is 3.08. The van der Waals surface area contributed by atoms with Gasteiger partial charge in [0.05, 0.1) is 13.1 Å². The van der Waals surface area contributed by atoms with Gasteiger partial charge in [0.2, 0.25) is 0 Å². The minimum Gasteiger partial charge on any atom is -0.434 e. The third kappa shape index (κ3) is 6.15. The van der Waals surface area contributed by atoms with Gasteiger partial charge in [0.25, 0.3) is 0 Å². The topological polar surface area (TPSA) is 63.5 Å². The fourth-order valence-corrected chi connectivity index (χ4v) is 2.37. The molecule has 0 bridgehead atoms. The van der Waals surface area contributed by atoms with Gasteiger partial charge in [-0.25, -0.2) is 9.98 Å². The predicted molar refractivity (Wildman–Crippen MR) is 92.9 cm³/mol. The number of ether oxygens (including phenoxy) is 1. The summed E-state index contributed by atoms with van der Waals surface area (Å²) in [6, 6.07) is 4.83. The zero-order chi connectivity index (χ0) is 19.8. The van der Waals surface area contributed by atoms with Crippen molar-refractivity contribution < 1.29 is 22.3 Å². The van der Waals surface area contributed by atoms with Gasteiger partial charge in [0, 0.05) is 24.5 Å². The van der Waals surface area contributed by atoms with Gasteiger partial charge >= 0.3 is 13.2 Å². The van der Waals surface area contributed by atoms with Crippen molar-refractivity contribution in [2.45, 2.75) is 40.1 Å². The van der Waals surface area contributed by atoms with Crippen molar-refractivity contribution in [3.8, 4) is 5.75 Å². The van der Waals surface area contributed by atoms with E-state index in [2.05, 4.69) is 25.3 Å². The average molecular weight is 387 g/mol. The summed E-state index contributed by atoms with van der Waals surface area (Å²) in [5, 5.41) is 5.86. The molecule has 1 aromatic carbocycles. The van der Waals surface area contributed by atoms with Crippen LogP contribution in [-0.4, -0.2) is 28.7 Å². The van der Waals surface area contributed by atoms with Crippen LogP contribution in [0, 0.1) is 6.92 Å². The van der Waals surface area contributed by atoms with Crippen molar-refractivity contribution in [1.29, 1.82) is 0 Å². The largest absolute Gasteiger partial charge is 0.434 e. The molecule has 2 rings (SSSR count). The number of nitrogens with one attached hydrogen (secondary N) is 2. The number of aryl methyl sites for hydroxylation is 1. The molecule has 0 unspecified atom stereocenters. The molecule has 1 heterocycles. The number of halogens is 4. The van der Waals surface area contributed by atoms with Gasteiger partial charge in [-0.2, -0.15) is 17.6 Å². The van der Waals surface area contributed by atoms with Gasteiger partial charge in [-0.05, 0) is 19.9 Å². The summed E-state index contributed by atoms with van der Waals surface area (Å²) in [6.45, 7) is -1.33. The molecule has 10 heteroatoms. The maximum atomic E-state index is 12.9. The summed E-state index contributed by atoms with van der Waals surface area (Å²) in [5.41, 5.74) is 1.36. The summed E-state index contributed by atoms with van der Waals surface area (Å²) in [4.78, 5) is 8.19. The molecule has 148 valence electrons. The van der Waals surface area contributed by atoms with Crippen molar-refractivity contribution in [2.24, 2.45) is 4.99 Å². The molecule has 1 aromatic heterocycles. The number of imidazole rings is 1. The van der Waals surface area contributed by atoms with Crippen molar-refractivity contribution in [2.75, 3.05) is 6.54 Å². The number of rotatable bonds is 8. The molecule has 6 nitrogen and oxygen atoms in total. The van der Waals surface area contributed by atoms with Crippen LogP contribution in [0.1, 0.15) is 30.4 Å². The first-order valence-corrected chi connectivity index (χ1v) is 8.27. The smallest absolute Gasteiger partial charge is 0.387 e. The number of hydrogen-bond acceptors (Lipinski definition) is 3. The van der Waals surface area contributed by atoms with Crippen molar-refractivity contribution in [3.05, 3.63) is 47.5 Å². The van der Waals surface area contributed by atoms with Crippen LogP contribution < -0.4 is 15.4 Å². The van der Waals surface area contributed by atoms with Crippen molar-refractivity contribution >= 4 is 5.96 Å². The number of hydrogen-bond donors (Lipinski definition) is 2. The lowest BCUT2D eigenvalue weighted by molar-refractivity contribution is -0.0504. The molecule has 0 atom stereocenters. The maximum Gasteiger partial charge on any atom is 0.387 e. The van der Waals surface area contributed by atoms with E-state index in [1.165, 1.54) is 18.5 Å². The Morgan fingerprint density at radius 1 is 1.26 bits per heavy atom. The van der Waals surface area contributed by atoms with E-state index in [4.69, 9.17) is 0 Å². The first-order chi connectivity index (χ1) is 12.9. The molecule has 0 aliphatic heterocycles. The van der Waals surface area contributed by atoms with Gasteiger partial charge < -0.3 is 15.4 Å². The second kappa shape index (κ2) is 9.79. The lowest BCUT2D eigenvalue weighted by Crippen LogP contribution is -2.37. The summed E-state index contributed by atoms with van der Waals surface area (Å²) < 4.78 is 56.1. The summed E-state index contributed by atoms with van der Waals surface area (Å²) >= 11 is 0. The van der Waals surface area contributed by atoms with Crippen LogP contribution in [0.15, 0.2) is 35.6 Å². The van der Waals surface area contributed by atoms with Crippen LogP contribution in [0.2, 0.25) is 0 Å². The highest BCUT2D eigenvalue weighted by atomic mass is 19.3. The van der Waals surface area contributed by atoms with E-state index in [0.29, 0.717) is 18.1 Å². The highest BCUT2D eigenvalue weighted by molar-refractivity contribution is 5.79. The molecule has 0 aliphatic rings. The Balaban J connectivity index is 2.11. The lowest BCUT2D eigenvalue weighted by Gasteiger charge is -2.14. The Morgan fingerprint density at radius 2 is 2.04 bits per heavy atom. The van der Waals surface area contributed by atoms with Crippen LogP contribution in [-0.2, 0) is 13.1 Å². The fourth-order valence-electron chi connectivity index (χ4n) is 2.37. The van der Waals surface area contributed by atoms with E-state index in [1.807, 2.05) is 13.8 Å². The Labute approximate surface area is 154 Å². The van der Waals surface area contributed by atoms with Crippen LogP contribution >= 0.6 is 0 Å². The van der Waals surface area contributed by atoms with Gasteiger partial charge in [0.1, 0.15) is 11.6 Å². The highest BCUT2D eigenvalue weighted by Crippen LogP contribution is 2.23. The second-order valence-corrected chi connectivity index (χ2v) is 5.57. The minimum absolute atomic E-state index is 0.0252. The third-order valence-corrected chi connectivity index (χ3v) is 3.56. The van der Waals surface area contributed by atoms with Crippen LogP contribution in [0.3, 0.4) is 0 Å². The number of alkyl halides is 4. The quantitative estimate of drug-likeness (QED) is 0.414. The number of guanidine groups is 1. The lowest BCUT2D eigenvalue weighted by atomic mass is 10.1. The van der Waals surface area contributed by atoms with E-state index in [-0.39, 0.29) is 24.7 Å². The van der Waals surface area contributed by atoms with Crippen molar-refractivity contribution in [1.82, 2.24) is 20.2 Å². The zero-order valence-electron chi connectivity index (χ0n) is 14.9. The summed E-state index contributed by atoms with van der Waals surface area (Å²) in [6.07, 6.45) is 2.47. The first-order valence-electron chi connectivity index (χ1n) is 8.27. The molecule has 2 N–H and O–H groups in total. The highest BCUT2D eigenvalue weighted by Gasteiger charge is 2.12. The number of aliphatic imine (C=N–C) groups is 1. The van der Waals surface area contributed by atoms with E-state index < -0.39 is 13.2 Å². The Morgan fingerprint density at radius 3 is 2.70 bits per heavy atom. The summed E-state index contributed by atoms with van der Waals surface area (Å²) in [5.74, 6) is 0.530. The van der Waals surface area contributed by atoms with Gasteiger partial charge in [-0.1, -0.05) is 17.7 Å². The van der Waals surface area contributed by atoms with Crippen LogP contribution in [0.4, 0.5) is 17.6 Å². The fraction of sp³-hybridized carbons (Fsp3) is 0.412. The molecule has 0 aliphatic carbocycles. The SMILES string of the molecule is CCNC(=NCc1cc(C)ccc1OC(F)F)NCc1nccn1C(F)F. The molecule has 2 aromatic rings. The molecule has 27 heavy (non-hydrogen) atoms. The number of nitrogens with zero attached hydrogens (tertiary/aromatic N) is 3. The molecule has 0 saturated heterocycles. The van der Waals surface area contributed by atoms with Crippen LogP contribution in [0.25, 0.3) is 0 Å². The maximum absolute atomic E-state index is 12.9. The van der Waals surface area contributed by atoms with E-state index in [1.54, 1.807) is 12.1 Å². The van der Waals surface area contributed by atoms with E-state index in [0.717, 1.165) is 10.1 Å². The van der Waals surface area contributed by atoms with E-state index in [9.17, 15) is 17.6 Å². The van der Waals surface area contributed by atoms with Gasteiger partial charge in [-0.15, -0.1) is 0 Å². The first kappa shape index (κ1) is 20.5. The Kier molecular flexibility index (Phi) is 7.44. The molecular formula is C17H21F4N5O. The minimum atomic E-state index is -2.94. The zero-order valence-corrected chi connectivity index (χ0v) is 14.9. The van der Waals surface area contributed by atoms with Crippen LogP contribution in [0.5, 0.6) is 5.75 Å². The Bertz CT molecular complexity index is 764. The Hall–Kier alpha value is -2.78. The van der Waals surface area contributed by atoms with Gasteiger partial charge in [-0.3, -0.25) is 4.57 Å². The number of benzene rings is 1. The molecule has 0 spiro atoms. The monoisotopic (exact) mass is 387 g/mol. The molecule has 0 saturated carbocycles. The van der Waals surface area contributed by atoms with E-state index >= 15 is 0 Å². The second-order valence-electron chi connectivity index (χ2n) is 5.57.